The molecule has 0 aromatic heterocycles. The first-order valence-corrected chi connectivity index (χ1v) is 11.0. The standard InChI is InChI=1S/C28H31N3O/c1-7-28(32)31(27-12-10-9-11-26(27)19(3)4)21(6)30-25-16-15-23-17-22(20(5)29-8-2)13-14-24(23)18-25/h8-19H,5,7H2,1-4,6H3/b29-8-,30-21+. The number of aliphatic imine (C=N–C) groups is 2. The van der Waals surface area contributed by atoms with Crippen LogP contribution in [0.5, 0.6) is 0 Å². The van der Waals surface area contributed by atoms with Crippen molar-refractivity contribution in [1.29, 1.82) is 0 Å². The molecule has 0 spiro atoms. The van der Waals surface area contributed by atoms with Crippen molar-refractivity contribution in [2.75, 3.05) is 4.90 Å². The van der Waals surface area contributed by atoms with Gasteiger partial charge in [0.05, 0.1) is 17.1 Å². The van der Waals surface area contributed by atoms with Gasteiger partial charge in [-0.15, -0.1) is 0 Å². The number of benzene rings is 3. The molecule has 0 saturated carbocycles. The first-order chi connectivity index (χ1) is 15.3. The molecule has 3 aromatic carbocycles. The molecule has 0 atom stereocenters. The summed E-state index contributed by atoms with van der Waals surface area (Å²) in [5.41, 5.74) is 4.57. The number of fused-ring (bicyclic) bond motifs is 1. The molecule has 0 heterocycles. The number of para-hydroxylation sites is 1. The van der Waals surface area contributed by atoms with Crippen molar-refractivity contribution in [1.82, 2.24) is 0 Å². The van der Waals surface area contributed by atoms with Crippen molar-refractivity contribution in [3.63, 3.8) is 0 Å². The molecule has 0 N–H and O–H groups in total. The third kappa shape index (κ3) is 5.02. The molecule has 0 aliphatic rings. The summed E-state index contributed by atoms with van der Waals surface area (Å²) >= 11 is 0. The van der Waals surface area contributed by atoms with Crippen LogP contribution >= 0.6 is 0 Å². The van der Waals surface area contributed by atoms with Gasteiger partial charge in [0.1, 0.15) is 5.84 Å². The molecule has 0 aliphatic heterocycles. The van der Waals surface area contributed by atoms with Crippen molar-refractivity contribution in [2.24, 2.45) is 9.98 Å². The number of rotatable bonds is 6. The van der Waals surface area contributed by atoms with E-state index in [1.54, 1.807) is 11.1 Å². The number of hydrogen-bond acceptors (Lipinski definition) is 3. The normalized spacial score (nSPS) is 12.0. The Morgan fingerprint density at radius 1 is 1.06 bits per heavy atom. The van der Waals surface area contributed by atoms with Crippen LogP contribution in [0, 0.1) is 0 Å². The minimum atomic E-state index is 0.0276. The Bertz CT molecular complexity index is 1200. The molecule has 4 heteroatoms. The van der Waals surface area contributed by atoms with Gasteiger partial charge in [0.25, 0.3) is 0 Å². The summed E-state index contributed by atoms with van der Waals surface area (Å²) in [6, 6.07) is 20.3. The number of amidine groups is 1. The van der Waals surface area contributed by atoms with Crippen molar-refractivity contribution in [3.05, 3.63) is 78.4 Å². The summed E-state index contributed by atoms with van der Waals surface area (Å²) in [7, 11) is 0. The van der Waals surface area contributed by atoms with E-state index in [4.69, 9.17) is 4.99 Å². The maximum absolute atomic E-state index is 12.9. The van der Waals surface area contributed by atoms with Gasteiger partial charge in [-0.3, -0.25) is 14.7 Å². The lowest BCUT2D eigenvalue weighted by Gasteiger charge is -2.26. The second-order valence-electron chi connectivity index (χ2n) is 8.04. The third-order valence-electron chi connectivity index (χ3n) is 5.41. The zero-order valence-corrected chi connectivity index (χ0v) is 19.6. The highest BCUT2D eigenvalue weighted by Gasteiger charge is 2.21. The van der Waals surface area contributed by atoms with Crippen LogP contribution in [0.25, 0.3) is 16.5 Å². The van der Waals surface area contributed by atoms with Gasteiger partial charge in [0.2, 0.25) is 5.91 Å². The predicted octanol–water partition coefficient (Wildman–Crippen LogP) is 7.52. The number of hydrogen-bond donors (Lipinski definition) is 0. The Morgan fingerprint density at radius 3 is 2.44 bits per heavy atom. The van der Waals surface area contributed by atoms with Gasteiger partial charge < -0.3 is 0 Å². The van der Waals surface area contributed by atoms with E-state index in [-0.39, 0.29) is 5.91 Å². The van der Waals surface area contributed by atoms with Crippen molar-refractivity contribution in [3.8, 4) is 0 Å². The molecule has 0 radical (unpaired) electrons. The molecule has 1 amide bonds. The van der Waals surface area contributed by atoms with Crippen LogP contribution in [-0.4, -0.2) is 18.0 Å². The van der Waals surface area contributed by atoms with Crippen molar-refractivity contribution < 1.29 is 4.79 Å². The molecule has 32 heavy (non-hydrogen) atoms. The highest BCUT2D eigenvalue weighted by Crippen LogP contribution is 2.30. The number of nitrogens with zero attached hydrogens (tertiary/aromatic N) is 3. The monoisotopic (exact) mass is 425 g/mol. The largest absolute Gasteiger partial charge is 0.274 e. The van der Waals surface area contributed by atoms with Crippen LogP contribution in [0.3, 0.4) is 0 Å². The SMILES string of the molecule is C=C(/N=C\C)c1ccc2cc(/N=C(\C)N(C(=O)CC)c3ccccc3C(C)C)ccc2c1. The molecule has 0 bridgehead atoms. The average Bonchev–Trinajstić information content (AvgIpc) is 2.79. The summed E-state index contributed by atoms with van der Waals surface area (Å²) < 4.78 is 0. The fourth-order valence-corrected chi connectivity index (χ4v) is 3.78. The number of carbonyl (C=O) groups is 1. The third-order valence-corrected chi connectivity index (χ3v) is 5.41. The number of amides is 1. The lowest BCUT2D eigenvalue weighted by atomic mass is 10.00. The second kappa shape index (κ2) is 10.2. The first kappa shape index (κ1) is 23.1. The molecule has 3 rings (SSSR count). The van der Waals surface area contributed by atoms with Crippen molar-refractivity contribution in [2.45, 2.75) is 47.0 Å². The van der Waals surface area contributed by atoms with Gasteiger partial charge in [0, 0.05) is 18.2 Å². The van der Waals surface area contributed by atoms with E-state index in [0.717, 1.165) is 39.0 Å². The van der Waals surface area contributed by atoms with Crippen LogP contribution in [0.1, 0.15) is 58.1 Å². The molecule has 0 fully saturated rings. The maximum atomic E-state index is 12.9. The quantitative estimate of drug-likeness (QED) is 0.297. The summed E-state index contributed by atoms with van der Waals surface area (Å²) in [5, 5.41) is 2.17. The van der Waals surface area contributed by atoms with Gasteiger partial charge in [-0.1, -0.05) is 63.7 Å². The molecule has 3 aromatic rings. The zero-order valence-electron chi connectivity index (χ0n) is 19.6. The number of carbonyl (C=O) groups excluding carboxylic acids is 1. The summed E-state index contributed by atoms with van der Waals surface area (Å²) in [4.78, 5) is 23.8. The molecule has 164 valence electrons. The topological polar surface area (TPSA) is 45.0 Å². The van der Waals surface area contributed by atoms with Crippen LogP contribution in [0.15, 0.2) is 77.2 Å². The van der Waals surface area contributed by atoms with E-state index >= 15 is 0 Å². The van der Waals surface area contributed by atoms with E-state index in [1.807, 2.05) is 63.2 Å². The fourth-order valence-electron chi connectivity index (χ4n) is 3.78. The summed E-state index contributed by atoms with van der Waals surface area (Å²) in [6.07, 6.45) is 2.15. The van der Waals surface area contributed by atoms with Crippen LogP contribution in [0.2, 0.25) is 0 Å². The molecular formula is C28H31N3O. The average molecular weight is 426 g/mol. The van der Waals surface area contributed by atoms with E-state index in [2.05, 4.69) is 43.6 Å². The van der Waals surface area contributed by atoms with Gasteiger partial charge in [-0.25, -0.2) is 4.99 Å². The zero-order chi connectivity index (χ0) is 23.3. The highest BCUT2D eigenvalue weighted by molar-refractivity contribution is 6.17. The predicted molar refractivity (Wildman–Crippen MR) is 138 cm³/mol. The lowest BCUT2D eigenvalue weighted by Crippen LogP contribution is -2.35. The highest BCUT2D eigenvalue weighted by atomic mass is 16.2. The molecule has 0 aliphatic carbocycles. The Morgan fingerprint density at radius 2 is 1.75 bits per heavy atom. The van der Waals surface area contributed by atoms with E-state index in [0.29, 0.717) is 18.2 Å². The molecule has 0 unspecified atom stereocenters. The van der Waals surface area contributed by atoms with Crippen LogP contribution < -0.4 is 4.90 Å². The van der Waals surface area contributed by atoms with Crippen LogP contribution in [-0.2, 0) is 4.79 Å². The summed E-state index contributed by atoms with van der Waals surface area (Å²) in [6.45, 7) is 13.9. The number of anilines is 1. The minimum Gasteiger partial charge on any atom is -0.274 e. The molecule has 0 saturated heterocycles. The maximum Gasteiger partial charge on any atom is 0.232 e. The molecule has 4 nitrogen and oxygen atoms in total. The Kier molecular flexibility index (Phi) is 7.37. The Balaban J connectivity index is 2.02. The first-order valence-electron chi connectivity index (χ1n) is 11.0. The fraction of sp³-hybridized carbons (Fsp3) is 0.250. The minimum absolute atomic E-state index is 0.0276. The van der Waals surface area contributed by atoms with Crippen LogP contribution in [0.4, 0.5) is 11.4 Å². The van der Waals surface area contributed by atoms with Gasteiger partial charge >= 0.3 is 0 Å². The van der Waals surface area contributed by atoms with Crippen molar-refractivity contribution >= 4 is 45.8 Å². The lowest BCUT2D eigenvalue weighted by molar-refractivity contribution is -0.117. The smallest absolute Gasteiger partial charge is 0.232 e. The Hall–Kier alpha value is -3.53. The van der Waals surface area contributed by atoms with E-state index < -0.39 is 0 Å². The van der Waals surface area contributed by atoms with E-state index in [9.17, 15) is 4.79 Å². The van der Waals surface area contributed by atoms with E-state index in [1.165, 1.54) is 0 Å². The van der Waals surface area contributed by atoms with Gasteiger partial charge in [0.15, 0.2) is 0 Å². The Labute approximate surface area is 191 Å². The molecular weight excluding hydrogens is 394 g/mol. The van der Waals surface area contributed by atoms with Gasteiger partial charge in [-0.05, 0) is 60.4 Å². The van der Waals surface area contributed by atoms with Gasteiger partial charge in [-0.2, -0.15) is 0 Å². The summed E-state index contributed by atoms with van der Waals surface area (Å²) in [5.74, 6) is 0.985. The second-order valence-corrected chi connectivity index (χ2v) is 8.04.